The summed E-state index contributed by atoms with van der Waals surface area (Å²) in [6.45, 7) is 6.05. The van der Waals surface area contributed by atoms with E-state index in [2.05, 4.69) is 86.7 Å². The molecule has 16 nitrogen and oxygen atoms in total. The van der Waals surface area contributed by atoms with E-state index in [9.17, 15) is 20.4 Å². The number of hydrogen-bond acceptors (Lipinski definition) is 12. The number of aliphatic hydroxyl groups excluding tert-OH is 4. The van der Waals surface area contributed by atoms with Crippen molar-refractivity contribution in [1.82, 2.24) is 38.2 Å². The van der Waals surface area contributed by atoms with Crippen molar-refractivity contribution in [3.05, 3.63) is 169 Å². The summed E-state index contributed by atoms with van der Waals surface area (Å²) >= 11 is 0. The van der Waals surface area contributed by atoms with Crippen molar-refractivity contribution in [2.75, 3.05) is 52.9 Å². The summed E-state index contributed by atoms with van der Waals surface area (Å²) in [6.07, 6.45) is 20.8. The third kappa shape index (κ3) is 9.86. The Labute approximate surface area is 466 Å². The fraction of sp³-hybridized carbons (Fsp3) is 0.438. The van der Waals surface area contributed by atoms with E-state index < -0.39 is 0 Å². The summed E-state index contributed by atoms with van der Waals surface area (Å²) in [7, 11) is 0. The first-order valence-corrected chi connectivity index (χ1v) is 28.9. The molecule has 0 saturated carbocycles. The van der Waals surface area contributed by atoms with Gasteiger partial charge in [-0.3, -0.25) is 0 Å². The lowest BCUT2D eigenvalue weighted by atomic mass is 9.86. The average Bonchev–Trinajstić information content (AvgIpc) is 4.43. The van der Waals surface area contributed by atoms with E-state index in [1.807, 2.05) is 98.6 Å². The molecule has 8 aliphatic rings. The third-order valence-electron chi connectivity index (χ3n) is 18.4. The zero-order valence-corrected chi connectivity index (χ0v) is 45.1. The Morgan fingerprint density at radius 3 is 0.725 bits per heavy atom. The van der Waals surface area contributed by atoms with Crippen LogP contribution in [0, 0.1) is 23.7 Å². The third-order valence-corrected chi connectivity index (χ3v) is 18.4. The summed E-state index contributed by atoms with van der Waals surface area (Å²) in [5.74, 6) is 1.20. The lowest BCUT2D eigenvalue weighted by molar-refractivity contribution is -0.00621. The average molecular weight is 1080 g/mol. The summed E-state index contributed by atoms with van der Waals surface area (Å²) in [5.41, 5.74) is 14.1. The fourth-order valence-corrected chi connectivity index (χ4v) is 14.1. The predicted molar refractivity (Wildman–Crippen MR) is 301 cm³/mol. The summed E-state index contributed by atoms with van der Waals surface area (Å²) < 4.78 is 30.1. The van der Waals surface area contributed by atoms with Crippen molar-refractivity contribution >= 4 is 0 Å². The molecule has 0 aliphatic carbocycles. The molecular weight excluding hydrogens is 1010 g/mol. The minimum Gasteiger partial charge on any atom is -0.390 e. The molecule has 4 saturated heterocycles. The fourth-order valence-electron chi connectivity index (χ4n) is 14.1. The Kier molecular flexibility index (Phi) is 15.5. The molecule has 16 heteroatoms. The van der Waals surface area contributed by atoms with Gasteiger partial charge in [-0.25, -0.2) is 19.9 Å². The minimum absolute atomic E-state index is 0.00759. The lowest BCUT2D eigenvalue weighted by Crippen LogP contribution is -2.34. The van der Waals surface area contributed by atoms with Gasteiger partial charge in [0.2, 0.25) is 0 Å². The van der Waals surface area contributed by atoms with Crippen molar-refractivity contribution in [2.24, 2.45) is 23.7 Å². The predicted octanol–water partition coefficient (Wildman–Crippen LogP) is 8.96. The number of rotatable bonds is 8. The highest BCUT2D eigenvalue weighted by atomic mass is 16.5. The molecule has 0 bridgehead atoms. The lowest BCUT2D eigenvalue weighted by Gasteiger charge is -2.31. The molecule has 8 atom stereocenters. The normalized spacial score (nSPS) is 23.4. The number of hydrogen-bond donors (Lipinski definition) is 4. The quantitative estimate of drug-likeness (QED) is 0.113. The zero-order valence-electron chi connectivity index (χ0n) is 45.1. The van der Waals surface area contributed by atoms with Crippen LogP contribution in [0.4, 0.5) is 0 Å². The first-order chi connectivity index (χ1) is 39.4. The number of nitrogens with zero attached hydrogens (tertiary/aromatic N) is 8. The molecule has 0 radical (unpaired) electrons. The first kappa shape index (κ1) is 52.8. The second-order valence-electron chi connectivity index (χ2n) is 22.6. The molecule has 4 aromatic carbocycles. The Hall–Kier alpha value is -6.60. The van der Waals surface area contributed by atoms with Crippen LogP contribution in [0.15, 0.2) is 147 Å². The van der Waals surface area contributed by atoms with Crippen LogP contribution in [0.25, 0.3) is 45.0 Å². The molecular formula is C64H72N8O8. The highest BCUT2D eigenvalue weighted by molar-refractivity contribution is 5.72. The van der Waals surface area contributed by atoms with Crippen LogP contribution in [0.5, 0.6) is 0 Å². The molecule has 416 valence electrons. The number of aromatic nitrogens is 8. The van der Waals surface area contributed by atoms with Gasteiger partial charge in [-0.2, -0.15) is 0 Å². The molecule has 4 aromatic heterocycles. The van der Waals surface area contributed by atoms with Crippen LogP contribution < -0.4 is 0 Å². The topological polar surface area (TPSA) is 189 Å². The van der Waals surface area contributed by atoms with Crippen LogP contribution in [0.2, 0.25) is 0 Å². The van der Waals surface area contributed by atoms with E-state index in [0.717, 1.165) is 127 Å². The van der Waals surface area contributed by atoms with Gasteiger partial charge in [0, 0.05) is 75.1 Å². The van der Waals surface area contributed by atoms with Gasteiger partial charge in [-0.15, -0.1) is 0 Å². The highest BCUT2D eigenvalue weighted by Crippen LogP contribution is 2.47. The Morgan fingerprint density at radius 1 is 0.312 bits per heavy atom. The van der Waals surface area contributed by atoms with Crippen molar-refractivity contribution in [3.63, 3.8) is 0 Å². The largest absolute Gasteiger partial charge is 0.390 e. The van der Waals surface area contributed by atoms with E-state index in [1.54, 1.807) is 0 Å². The van der Waals surface area contributed by atoms with Crippen LogP contribution in [-0.2, 0) is 18.9 Å². The highest BCUT2D eigenvalue weighted by Gasteiger charge is 2.42. The second kappa shape index (κ2) is 23.5. The molecule has 0 unspecified atom stereocenters. The van der Waals surface area contributed by atoms with Crippen LogP contribution >= 0.6 is 0 Å². The summed E-state index contributed by atoms with van der Waals surface area (Å²) in [6, 6.07) is 33.2. The Bertz CT molecular complexity index is 2900. The van der Waals surface area contributed by atoms with Gasteiger partial charge in [0.15, 0.2) is 0 Å². The van der Waals surface area contributed by atoms with Crippen molar-refractivity contribution < 1.29 is 39.4 Å². The van der Waals surface area contributed by atoms with Crippen molar-refractivity contribution in [1.29, 1.82) is 0 Å². The van der Waals surface area contributed by atoms with Gasteiger partial charge in [0.05, 0.1) is 121 Å². The van der Waals surface area contributed by atoms with Crippen LogP contribution in [-0.4, -0.2) is 136 Å². The number of ether oxygens (including phenoxy) is 4. The van der Waals surface area contributed by atoms with Gasteiger partial charge >= 0.3 is 0 Å². The maximum absolute atomic E-state index is 10.9. The summed E-state index contributed by atoms with van der Waals surface area (Å²) in [5, 5.41) is 43.5. The molecule has 12 heterocycles. The Balaban J connectivity index is 0.000000101. The monoisotopic (exact) mass is 1080 g/mol. The first-order valence-electron chi connectivity index (χ1n) is 28.9. The van der Waals surface area contributed by atoms with Crippen molar-refractivity contribution in [3.8, 4) is 45.0 Å². The number of imidazole rings is 4. The molecule has 4 N–H and O–H groups in total. The maximum Gasteiger partial charge on any atom is 0.0957 e. The van der Waals surface area contributed by atoms with E-state index in [-0.39, 0.29) is 48.6 Å². The second-order valence-corrected chi connectivity index (χ2v) is 22.6. The molecule has 8 aromatic rings. The molecule has 8 aliphatic heterocycles. The zero-order chi connectivity index (χ0) is 54.1. The summed E-state index contributed by atoms with van der Waals surface area (Å²) in [4.78, 5) is 17.0. The number of aliphatic hydroxyl groups is 4. The smallest absolute Gasteiger partial charge is 0.0957 e. The number of benzene rings is 4. The van der Waals surface area contributed by atoms with E-state index >= 15 is 0 Å². The maximum atomic E-state index is 10.9. The van der Waals surface area contributed by atoms with E-state index in [4.69, 9.17) is 18.9 Å². The van der Waals surface area contributed by atoms with Crippen molar-refractivity contribution in [2.45, 2.75) is 99.9 Å². The van der Waals surface area contributed by atoms with Gasteiger partial charge in [0.1, 0.15) is 0 Å². The SMILES string of the molecule is O[C@@H](C1CCOCC1)[C@@H]1c2ccccc2-c2cncn21.O[C@@H](C1CCOCC1)[C@H]1c2ccccc2-c2cncn21.O[C@H](C1CCOCC1)[C@@H]1c2ccccc2-c2cncn21.O[C@H](C1CCOCC1)[C@H]1c2ccccc2-c2cncn21. The standard InChI is InChI=1S/4C16H18N2O2/c4*19-16(11-5-7-20-8-6-11)15-13-4-2-1-3-12(13)14-9-17-10-18(14)15/h4*1-4,9-11,15-16,19H,5-8H2/t2*15-,16+;2*15-,16-/m1010/s1. The minimum atomic E-state index is -0.379. The van der Waals surface area contributed by atoms with Crippen LogP contribution in [0.3, 0.4) is 0 Å². The molecule has 0 spiro atoms. The van der Waals surface area contributed by atoms with E-state index in [1.165, 1.54) is 44.5 Å². The van der Waals surface area contributed by atoms with Gasteiger partial charge in [-0.05, 0) is 97.3 Å². The number of fused-ring (bicyclic) bond motifs is 12. The van der Waals surface area contributed by atoms with Gasteiger partial charge in [0.25, 0.3) is 0 Å². The van der Waals surface area contributed by atoms with Gasteiger partial charge in [-0.1, -0.05) is 97.1 Å². The Morgan fingerprint density at radius 2 is 0.512 bits per heavy atom. The van der Waals surface area contributed by atoms with E-state index in [0.29, 0.717) is 23.7 Å². The van der Waals surface area contributed by atoms with Crippen LogP contribution in [0.1, 0.15) is 97.8 Å². The molecule has 4 fully saturated rings. The molecule has 0 amide bonds. The molecule has 80 heavy (non-hydrogen) atoms. The van der Waals surface area contributed by atoms with Gasteiger partial charge < -0.3 is 57.6 Å². The molecule has 16 rings (SSSR count).